The molecule has 20 heavy (non-hydrogen) atoms. The summed E-state index contributed by atoms with van der Waals surface area (Å²) < 4.78 is 18.7. The molecule has 2 aromatic carbocycles. The number of nitrogens with zero attached hydrogens (tertiary/aromatic N) is 1. The number of hydrogen-bond donors (Lipinski definition) is 1. The van der Waals surface area contributed by atoms with E-state index in [2.05, 4.69) is 5.32 Å². The van der Waals surface area contributed by atoms with E-state index in [0.717, 1.165) is 17.9 Å². The number of nitriles is 1. The van der Waals surface area contributed by atoms with Gasteiger partial charge in [0.25, 0.3) is 0 Å². The number of rotatable bonds is 6. The van der Waals surface area contributed by atoms with Crippen LogP contribution in [0.3, 0.4) is 0 Å². The number of benzene rings is 2. The molecule has 0 atom stereocenters. The summed E-state index contributed by atoms with van der Waals surface area (Å²) in [6.45, 7) is 1.30. The number of para-hydroxylation sites is 1. The maximum atomic E-state index is 13.1. The zero-order chi connectivity index (χ0) is 14.2. The fourth-order valence-corrected chi connectivity index (χ4v) is 1.73. The Kier molecular flexibility index (Phi) is 4.96. The second-order valence-electron chi connectivity index (χ2n) is 4.25. The molecular weight excluding hydrogens is 255 g/mol. The largest absolute Gasteiger partial charge is 0.494 e. The smallest absolute Gasteiger partial charge is 0.141 e. The average Bonchev–Trinajstić information content (AvgIpc) is 2.49. The van der Waals surface area contributed by atoms with Crippen LogP contribution in [-0.4, -0.2) is 13.2 Å². The van der Waals surface area contributed by atoms with Crippen LogP contribution in [0, 0.1) is 17.1 Å². The van der Waals surface area contributed by atoms with Crippen molar-refractivity contribution in [1.82, 2.24) is 0 Å². The summed E-state index contributed by atoms with van der Waals surface area (Å²) in [5.74, 6) is 0.353. The third-order valence-corrected chi connectivity index (χ3v) is 2.75. The molecule has 0 aliphatic rings. The van der Waals surface area contributed by atoms with Crippen LogP contribution in [0.2, 0.25) is 0 Å². The van der Waals surface area contributed by atoms with Gasteiger partial charge in [0.1, 0.15) is 17.6 Å². The second kappa shape index (κ2) is 7.15. The Balaban J connectivity index is 1.72. The monoisotopic (exact) mass is 270 g/mol. The van der Waals surface area contributed by atoms with Crippen LogP contribution >= 0.6 is 0 Å². The van der Waals surface area contributed by atoms with E-state index in [-0.39, 0.29) is 5.56 Å². The van der Waals surface area contributed by atoms with Gasteiger partial charge in [0.05, 0.1) is 12.2 Å². The summed E-state index contributed by atoms with van der Waals surface area (Å²) in [6.07, 6.45) is 0.814. The lowest BCUT2D eigenvalue weighted by Crippen LogP contribution is -2.07. The Labute approximate surface area is 117 Å². The third kappa shape index (κ3) is 3.99. The van der Waals surface area contributed by atoms with E-state index in [0.29, 0.717) is 13.2 Å². The van der Waals surface area contributed by atoms with Crippen molar-refractivity contribution in [1.29, 1.82) is 5.26 Å². The van der Waals surface area contributed by atoms with E-state index in [4.69, 9.17) is 10.00 Å². The standard InChI is InChI=1S/C16H15FN2O/c17-16-8-7-14(11-13(16)12-18)19-9-4-10-20-15-5-2-1-3-6-15/h1-3,5-8,11,19H,4,9-10H2. The molecule has 0 aliphatic carbocycles. The summed E-state index contributed by atoms with van der Waals surface area (Å²) in [5.41, 5.74) is 0.790. The number of nitrogens with one attached hydrogen (secondary N) is 1. The Morgan fingerprint density at radius 2 is 1.95 bits per heavy atom. The maximum Gasteiger partial charge on any atom is 0.141 e. The fraction of sp³-hybridized carbons (Fsp3) is 0.188. The lowest BCUT2D eigenvalue weighted by Gasteiger charge is -2.08. The van der Waals surface area contributed by atoms with Crippen LogP contribution < -0.4 is 10.1 Å². The van der Waals surface area contributed by atoms with Gasteiger partial charge in [-0.25, -0.2) is 4.39 Å². The fourth-order valence-electron chi connectivity index (χ4n) is 1.73. The van der Waals surface area contributed by atoms with Crippen molar-refractivity contribution < 1.29 is 9.13 Å². The summed E-state index contributed by atoms with van der Waals surface area (Å²) in [5, 5.41) is 11.9. The van der Waals surface area contributed by atoms with Crippen LogP contribution in [0.5, 0.6) is 5.75 Å². The highest BCUT2D eigenvalue weighted by atomic mass is 19.1. The molecule has 0 radical (unpaired) electrons. The molecule has 0 aliphatic heterocycles. The Bertz CT molecular complexity index is 593. The first-order valence-corrected chi connectivity index (χ1v) is 6.41. The van der Waals surface area contributed by atoms with Crippen LogP contribution in [0.4, 0.5) is 10.1 Å². The Morgan fingerprint density at radius 1 is 1.15 bits per heavy atom. The molecule has 1 N–H and O–H groups in total. The maximum absolute atomic E-state index is 13.1. The normalized spacial score (nSPS) is 9.80. The number of hydrogen-bond acceptors (Lipinski definition) is 3. The van der Waals surface area contributed by atoms with Crippen LogP contribution in [0.15, 0.2) is 48.5 Å². The number of anilines is 1. The van der Waals surface area contributed by atoms with Gasteiger partial charge in [-0.05, 0) is 36.8 Å². The first kappa shape index (κ1) is 13.9. The highest BCUT2D eigenvalue weighted by Crippen LogP contribution is 2.14. The van der Waals surface area contributed by atoms with Gasteiger partial charge in [0.2, 0.25) is 0 Å². The van der Waals surface area contributed by atoms with Crippen molar-refractivity contribution in [2.45, 2.75) is 6.42 Å². The molecular formula is C16H15FN2O. The molecule has 0 saturated heterocycles. The van der Waals surface area contributed by atoms with Crippen molar-refractivity contribution in [2.24, 2.45) is 0 Å². The van der Waals surface area contributed by atoms with Gasteiger partial charge in [0.15, 0.2) is 0 Å². The Hall–Kier alpha value is -2.54. The van der Waals surface area contributed by atoms with Gasteiger partial charge in [0, 0.05) is 12.2 Å². The van der Waals surface area contributed by atoms with Crippen LogP contribution in [0.25, 0.3) is 0 Å². The highest BCUT2D eigenvalue weighted by molar-refractivity contribution is 5.49. The molecule has 0 amide bonds. The summed E-state index contributed by atoms with van der Waals surface area (Å²) in [7, 11) is 0. The quantitative estimate of drug-likeness (QED) is 0.816. The minimum Gasteiger partial charge on any atom is -0.494 e. The van der Waals surface area contributed by atoms with Gasteiger partial charge in [-0.3, -0.25) is 0 Å². The van der Waals surface area contributed by atoms with Gasteiger partial charge in [-0.2, -0.15) is 5.26 Å². The predicted octanol–water partition coefficient (Wildman–Crippen LogP) is 3.58. The van der Waals surface area contributed by atoms with E-state index in [1.807, 2.05) is 36.4 Å². The average molecular weight is 270 g/mol. The van der Waals surface area contributed by atoms with Crippen molar-refractivity contribution in [3.63, 3.8) is 0 Å². The van der Waals surface area contributed by atoms with E-state index in [9.17, 15) is 4.39 Å². The molecule has 0 unspecified atom stereocenters. The minimum atomic E-state index is -0.495. The van der Waals surface area contributed by atoms with Crippen molar-refractivity contribution in [2.75, 3.05) is 18.5 Å². The zero-order valence-corrected chi connectivity index (χ0v) is 11.0. The lowest BCUT2D eigenvalue weighted by molar-refractivity contribution is 0.315. The van der Waals surface area contributed by atoms with E-state index in [1.165, 1.54) is 12.1 Å². The van der Waals surface area contributed by atoms with Crippen LogP contribution in [0.1, 0.15) is 12.0 Å². The molecule has 0 bridgehead atoms. The third-order valence-electron chi connectivity index (χ3n) is 2.75. The molecule has 2 aromatic rings. The summed E-state index contributed by atoms with van der Waals surface area (Å²) in [6, 6.07) is 15.8. The molecule has 0 heterocycles. The highest BCUT2D eigenvalue weighted by Gasteiger charge is 2.02. The van der Waals surface area contributed by atoms with E-state index < -0.39 is 5.82 Å². The van der Waals surface area contributed by atoms with Crippen molar-refractivity contribution >= 4 is 5.69 Å². The molecule has 0 fully saturated rings. The number of ether oxygens (including phenoxy) is 1. The summed E-state index contributed by atoms with van der Waals surface area (Å²) in [4.78, 5) is 0. The van der Waals surface area contributed by atoms with Gasteiger partial charge < -0.3 is 10.1 Å². The molecule has 102 valence electrons. The first-order valence-electron chi connectivity index (χ1n) is 6.41. The first-order chi connectivity index (χ1) is 9.79. The topological polar surface area (TPSA) is 45.0 Å². The van der Waals surface area contributed by atoms with Crippen molar-refractivity contribution in [3.05, 3.63) is 59.9 Å². The molecule has 0 aromatic heterocycles. The minimum absolute atomic E-state index is 0.0514. The molecule has 2 rings (SSSR count). The SMILES string of the molecule is N#Cc1cc(NCCCOc2ccccc2)ccc1F. The van der Waals surface area contributed by atoms with Gasteiger partial charge >= 0.3 is 0 Å². The molecule has 0 saturated carbocycles. The van der Waals surface area contributed by atoms with E-state index >= 15 is 0 Å². The summed E-state index contributed by atoms with van der Waals surface area (Å²) >= 11 is 0. The molecule has 3 nitrogen and oxygen atoms in total. The zero-order valence-electron chi connectivity index (χ0n) is 11.0. The van der Waals surface area contributed by atoms with Gasteiger partial charge in [-0.15, -0.1) is 0 Å². The van der Waals surface area contributed by atoms with Gasteiger partial charge in [-0.1, -0.05) is 18.2 Å². The molecule has 0 spiro atoms. The molecule has 4 heteroatoms. The lowest BCUT2D eigenvalue weighted by atomic mass is 10.2. The number of halogens is 1. The van der Waals surface area contributed by atoms with Crippen molar-refractivity contribution in [3.8, 4) is 11.8 Å². The Morgan fingerprint density at radius 3 is 2.70 bits per heavy atom. The predicted molar refractivity (Wildman–Crippen MR) is 76.2 cm³/mol. The van der Waals surface area contributed by atoms with Crippen LogP contribution in [-0.2, 0) is 0 Å². The van der Waals surface area contributed by atoms with E-state index in [1.54, 1.807) is 6.07 Å². The second-order valence-corrected chi connectivity index (χ2v) is 4.25.